The van der Waals surface area contributed by atoms with Gasteiger partial charge in [-0.2, -0.15) is 0 Å². The predicted octanol–water partition coefficient (Wildman–Crippen LogP) is 1.52. The minimum absolute atomic E-state index is 0.293. The first-order chi connectivity index (χ1) is 7.72. The molecule has 1 aromatic heterocycles. The van der Waals surface area contributed by atoms with Gasteiger partial charge in [-0.15, -0.1) is 0 Å². The second-order valence-electron chi connectivity index (χ2n) is 4.42. The zero-order chi connectivity index (χ0) is 11.5. The first-order valence-electron chi connectivity index (χ1n) is 5.69. The van der Waals surface area contributed by atoms with Crippen molar-refractivity contribution >= 4 is 11.4 Å². The van der Waals surface area contributed by atoms with Gasteiger partial charge < -0.3 is 15.4 Å². The summed E-state index contributed by atoms with van der Waals surface area (Å²) in [6.45, 7) is 4.18. The topological polar surface area (TPSA) is 51.4 Å². The molecule has 0 radical (unpaired) electrons. The molecule has 1 aliphatic rings. The molecule has 0 amide bonds. The summed E-state index contributed by atoms with van der Waals surface area (Å²) in [5, 5.41) is 0. The number of hydrogen-bond acceptors (Lipinski definition) is 4. The maximum absolute atomic E-state index is 5.93. The molecule has 0 aliphatic carbocycles. The summed E-state index contributed by atoms with van der Waals surface area (Å²) in [5.41, 5.74) is 7.74. The minimum Gasteiger partial charge on any atom is -0.396 e. The number of anilines is 2. The van der Waals surface area contributed by atoms with Crippen LogP contribution in [0.4, 0.5) is 11.4 Å². The highest BCUT2D eigenvalue weighted by Crippen LogP contribution is 2.27. The van der Waals surface area contributed by atoms with Crippen LogP contribution in [0.5, 0.6) is 0 Å². The number of methoxy groups -OCH3 is 1. The fourth-order valence-corrected chi connectivity index (χ4v) is 2.25. The van der Waals surface area contributed by atoms with E-state index in [1.807, 2.05) is 6.07 Å². The number of hydrogen-bond donors (Lipinski definition) is 1. The van der Waals surface area contributed by atoms with E-state index in [4.69, 9.17) is 10.5 Å². The number of rotatable bonds is 2. The van der Waals surface area contributed by atoms with Crippen LogP contribution in [-0.4, -0.2) is 31.3 Å². The molecule has 2 rings (SSSR count). The third kappa shape index (κ3) is 2.11. The van der Waals surface area contributed by atoms with Crippen molar-refractivity contribution in [3.8, 4) is 0 Å². The van der Waals surface area contributed by atoms with E-state index in [2.05, 4.69) is 16.8 Å². The van der Waals surface area contributed by atoms with Gasteiger partial charge in [0.2, 0.25) is 0 Å². The summed E-state index contributed by atoms with van der Waals surface area (Å²) >= 11 is 0. The van der Waals surface area contributed by atoms with Gasteiger partial charge >= 0.3 is 0 Å². The van der Waals surface area contributed by atoms with Gasteiger partial charge in [0.25, 0.3) is 0 Å². The maximum atomic E-state index is 5.93. The molecular formula is C12H19N3O. The fraction of sp³-hybridized carbons (Fsp3) is 0.583. The molecule has 4 nitrogen and oxygen atoms in total. The molecule has 0 bridgehead atoms. The summed E-state index contributed by atoms with van der Waals surface area (Å²) in [5.74, 6) is 0.615. The summed E-state index contributed by atoms with van der Waals surface area (Å²) in [7, 11) is 1.78. The van der Waals surface area contributed by atoms with Gasteiger partial charge in [-0.25, -0.2) is 0 Å². The predicted molar refractivity (Wildman–Crippen MR) is 65.4 cm³/mol. The number of piperidine rings is 1. The van der Waals surface area contributed by atoms with Crippen LogP contribution >= 0.6 is 0 Å². The fourth-order valence-electron chi connectivity index (χ4n) is 2.25. The van der Waals surface area contributed by atoms with Crippen molar-refractivity contribution in [3.63, 3.8) is 0 Å². The molecule has 0 aromatic carbocycles. The number of nitrogens with zero attached hydrogens (tertiary/aromatic N) is 2. The third-order valence-corrected chi connectivity index (χ3v) is 3.36. The standard InChI is InChI=1S/C12H19N3O/c1-9-4-6-15(8-12(9)16-2)11-3-5-14-7-10(11)13/h3,5,7,9,12H,4,6,8,13H2,1-2H3. The lowest BCUT2D eigenvalue weighted by Crippen LogP contribution is -2.44. The van der Waals surface area contributed by atoms with Crippen LogP contribution < -0.4 is 10.6 Å². The van der Waals surface area contributed by atoms with Gasteiger partial charge in [0, 0.05) is 26.4 Å². The van der Waals surface area contributed by atoms with Crippen LogP contribution in [0.15, 0.2) is 18.5 Å². The van der Waals surface area contributed by atoms with E-state index in [-0.39, 0.29) is 0 Å². The van der Waals surface area contributed by atoms with Crippen molar-refractivity contribution in [2.45, 2.75) is 19.4 Å². The quantitative estimate of drug-likeness (QED) is 0.822. The Morgan fingerprint density at radius 2 is 2.38 bits per heavy atom. The lowest BCUT2D eigenvalue weighted by atomic mass is 9.95. The maximum Gasteiger partial charge on any atom is 0.0772 e. The smallest absolute Gasteiger partial charge is 0.0772 e. The Kier molecular flexibility index (Phi) is 3.29. The number of aromatic nitrogens is 1. The van der Waals surface area contributed by atoms with Crippen LogP contribution in [0.25, 0.3) is 0 Å². The van der Waals surface area contributed by atoms with E-state index in [1.165, 1.54) is 0 Å². The van der Waals surface area contributed by atoms with Crippen molar-refractivity contribution in [3.05, 3.63) is 18.5 Å². The highest BCUT2D eigenvalue weighted by Gasteiger charge is 2.26. The van der Waals surface area contributed by atoms with Gasteiger partial charge in [-0.05, 0) is 18.4 Å². The molecule has 1 aromatic rings. The molecule has 1 aliphatic heterocycles. The van der Waals surface area contributed by atoms with Crippen LogP contribution in [0.2, 0.25) is 0 Å². The average Bonchev–Trinajstić information content (AvgIpc) is 2.31. The zero-order valence-electron chi connectivity index (χ0n) is 9.89. The largest absolute Gasteiger partial charge is 0.396 e. The summed E-state index contributed by atoms with van der Waals surface area (Å²) in [4.78, 5) is 6.29. The first kappa shape index (κ1) is 11.2. The van der Waals surface area contributed by atoms with Crippen molar-refractivity contribution in [1.29, 1.82) is 0 Å². The van der Waals surface area contributed by atoms with E-state index in [1.54, 1.807) is 19.5 Å². The van der Waals surface area contributed by atoms with Gasteiger partial charge in [0.15, 0.2) is 0 Å². The number of nitrogens with two attached hydrogens (primary N) is 1. The Bertz CT molecular complexity index is 356. The molecule has 0 spiro atoms. The molecular weight excluding hydrogens is 202 g/mol. The van der Waals surface area contributed by atoms with E-state index in [9.17, 15) is 0 Å². The highest BCUT2D eigenvalue weighted by atomic mass is 16.5. The minimum atomic E-state index is 0.293. The van der Waals surface area contributed by atoms with E-state index >= 15 is 0 Å². The molecule has 2 N–H and O–H groups in total. The summed E-state index contributed by atoms with van der Waals surface area (Å²) < 4.78 is 5.50. The normalized spacial score (nSPS) is 25.8. The number of nitrogen functional groups attached to an aromatic ring is 1. The van der Waals surface area contributed by atoms with Crippen LogP contribution in [-0.2, 0) is 4.74 Å². The molecule has 2 unspecified atom stereocenters. The van der Waals surface area contributed by atoms with Crippen molar-refractivity contribution in [1.82, 2.24) is 4.98 Å². The molecule has 2 atom stereocenters. The van der Waals surface area contributed by atoms with Crippen molar-refractivity contribution < 1.29 is 4.74 Å². The Morgan fingerprint density at radius 1 is 1.56 bits per heavy atom. The molecule has 88 valence electrons. The molecule has 2 heterocycles. The van der Waals surface area contributed by atoms with E-state index in [0.29, 0.717) is 12.0 Å². The lowest BCUT2D eigenvalue weighted by molar-refractivity contribution is 0.0499. The third-order valence-electron chi connectivity index (χ3n) is 3.36. The monoisotopic (exact) mass is 221 g/mol. The SMILES string of the molecule is COC1CN(c2ccncc2N)CCC1C. The van der Waals surface area contributed by atoms with Crippen LogP contribution in [0.3, 0.4) is 0 Å². The first-order valence-corrected chi connectivity index (χ1v) is 5.69. The number of pyridine rings is 1. The molecule has 1 saturated heterocycles. The second-order valence-corrected chi connectivity index (χ2v) is 4.42. The summed E-state index contributed by atoms with van der Waals surface area (Å²) in [6.07, 6.45) is 4.92. The molecule has 16 heavy (non-hydrogen) atoms. The Morgan fingerprint density at radius 3 is 3.06 bits per heavy atom. The Labute approximate surface area is 96.4 Å². The second kappa shape index (κ2) is 4.70. The van der Waals surface area contributed by atoms with Gasteiger partial charge in [0.05, 0.1) is 23.7 Å². The lowest BCUT2D eigenvalue weighted by Gasteiger charge is -2.37. The van der Waals surface area contributed by atoms with Gasteiger partial charge in [-0.3, -0.25) is 4.98 Å². The summed E-state index contributed by atoms with van der Waals surface area (Å²) in [6, 6.07) is 1.97. The molecule has 4 heteroatoms. The molecule has 1 fully saturated rings. The van der Waals surface area contributed by atoms with E-state index < -0.39 is 0 Å². The molecule has 0 saturated carbocycles. The van der Waals surface area contributed by atoms with Gasteiger partial charge in [-0.1, -0.05) is 6.92 Å². The van der Waals surface area contributed by atoms with Crippen molar-refractivity contribution in [2.24, 2.45) is 5.92 Å². The van der Waals surface area contributed by atoms with E-state index in [0.717, 1.165) is 30.9 Å². The Hall–Kier alpha value is -1.29. The Balaban J connectivity index is 2.14. The van der Waals surface area contributed by atoms with Crippen molar-refractivity contribution in [2.75, 3.05) is 30.8 Å². The highest BCUT2D eigenvalue weighted by molar-refractivity contribution is 5.66. The number of ether oxygens (including phenoxy) is 1. The van der Waals surface area contributed by atoms with Gasteiger partial charge in [0.1, 0.15) is 0 Å². The van der Waals surface area contributed by atoms with Crippen LogP contribution in [0.1, 0.15) is 13.3 Å². The zero-order valence-corrected chi connectivity index (χ0v) is 9.89. The van der Waals surface area contributed by atoms with Crippen LogP contribution in [0, 0.1) is 5.92 Å². The average molecular weight is 221 g/mol.